The molecule has 0 saturated carbocycles. The van der Waals surface area contributed by atoms with Crippen LogP contribution < -0.4 is 10.0 Å². The summed E-state index contributed by atoms with van der Waals surface area (Å²) >= 11 is 0. The summed E-state index contributed by atoms with van der Waals surface area (Å²) in [5, 5.41) is 7.39. The second-order valence-corrected chi connectivity index (χ2v) is 7.65. The first-order valence-electron chi connectivity index (χ1n) is 8.20. The Labute approximate surface area is 156 Å². The molecular formula is C17H19FN6O2S. The van der Waals surface area contributed by atoms with Crippen LogP contribution in [0, 0.1) is 19.7 Å². The van der Waals surface area contributed by atoms with Gasteiger partial charge in [0.25, 0.3) is 0 Å². The number of halogens is 1. The van der Waals surface area contributed by atoms with Gasteiger partial charge in [-0.05, 0) is 38.1 Å². The highest BCUT2D eigenvalue weighted by molar-refractivity contribution is 7.89. The summed E-state index contributed by atoms with van der Waals surface area (Å²) in [6.07, 6.45) is 1.41. The van der Waals surface area contributed by atoms with E-state index < -0.39 is 15.8 Å². The van der Waals surface area contributed by atoms with Gasteiger partial charge in [-0.15, -0.1) is 0 Å². The van der Waals surface area contributed by atoms with Gasteiger partial charge in [0.2, 0.25) is 10.0 Å². The number of anilines is 1. The summed E-state index contributed by atoms with van der Waals surface area (Å²) in [5.74, 6) is 0.546. The van der Waals surface area contributed by atoms with Crippen LogP contribution in [0.1, 0.15) is 11.4 Å². The first kappa shape index (κ1) is 18.9. The summed E-state index contributed by atoms with van der Waals surface area (Å²) in [4.78, 5) is 8.20. The van der Waals surface area contributed by atoms with Gasteiger partial charge in [0.05, 0.1) is 10.6 Å². The molecule has 0 bridgehead atoms. The Balaban J connectivity index is 1.60. The van der Waals surface area contributed by atoms with E-state index in [0.29, 0.717) is 18.2 Å². The van der Waals surface area contributed by atoms with Crippen LogP contribution in [-0.4, -0.2) is 41.3 Å². The van der Waals surface area contributed by atoms with Gasteiger partial charge in [-0.1, -0.05) is 6.07 Å². The van der Waals surface area contributed by atoms with Gasteiger partial charge in [-0.3, -0.25) is 0 Å². The maximum atomic E-state index is 13.2. The van der Waals surface area contributed by atoms with Gasteiger partial charge in [-0.2, -0.15) is 5.10 Å². The van der Waals surface area contributed by atoms with E-state index in [4.69, 9.17) is 0 Å². The van der Waals surface area contributed by atoms with Crippen molar-refractivity contribution in [3.63, 3.8) is 0 Å². The lowest BCUT2D eigenvalue weighted by atomic mass is 10.4. The molecule has 0 spiro atoms. The molecular weight excluding hydrogens is 371 g/mol. The van der Waals surface area contributed by atoms with Crippen LogP contribution in [0.25, 0.3) is 5.82 Å². The van der Waals surface area contributed by atoms with Gasteiger partial charge in [0.15, 0.2) is 5.82 Å². The third kappa shape index (κ3) is 4.66. The lowest BCUT2D eigenvalue weighted by Crippen LogP contribution is -2.29. The molecule has 0 fully saturated rings. The highest BCUT2D eigenvalue weighted by Gasteiger charge is 2.13. The van der Waals surface area contributed by atoms with E-state index in [1.165, 1.54) is 24.5 Å². The minimum Gasteiger partial charge on any atom is -0.369 e. The molecule has 2 aromatic heterocycles. The zero-order valence-electron chi connectivity index (χ0n) is 14.8. The molecule has 10 heteroatoms. The Bertz CT molecular complexity index is 1050. The summed E-state index contributed by atoms with van der Waals surface area (Å²) in [5.41, 5.74) is 1.83. The van der Waals surface area contributed by atoms with Crippen molar-refractivity contribution in [1.29, 1.82) is 0 Å². The quantitative estimate of drug-likeness (QED) is 0.597. The SMILES string of the molecule is Cc1cc(C)n(-c2cc(NCCNS(=O)(=O)c3cccc(F)c3)ncn2)n1. The normalized spacial score (nSPS) is 11.5. The van der Waals surface area contributed by atoms with Gasteiger partial charge in [0, 0.05) is 24.8 Å². The maximum absolute atomic E-state index is 13.2. The molecule has 0 atom stereocenters. The van der Waals surface area contributed by atoms with Crippen molar-refractivity contribution in [2.24, 2.45) is 0 Å². The molecule has 3 rings (SSSR count). The number of benzene rings is 1. The average molecular weight is 390 g/mol. The van der Waals surface area contributed by atoms with E-state index in [-0.39, 0.29) is 11.4 Å². The van der Waals surface area contributed by atoms with Crippen molar-refractivity contribution in [2.45, 2.75) is 18.7 Å². The standard InChI is InChI=1S/C17H19FN6O2S/c1-12-8-13(2)24(23-12)17-10-16(20-11-21-17)19-6-7-22-27(25,26)15-5-3-4-14(18)9-15/h3-5,8-11,22H,6-7H2,1-2H3,(H,19,20,21). The molecule has 27 heavy (non-hydrogen) atoms. The first-order chi connectivity index (χ1) is 12.8. The predicted octanol–water partition coefficient (Wildman–Crippen LogP) is 1.81. The van der Waals surface area contributed by atoms with Gasteiger partial charge in [0.1, 0.15) is 18.0 Å². The van der Waals surface area contributed by atoms with Gasteiger partial charge in [-0.25, -0.2) is 32.2 Å². The third-order valence-electron chi connectivity index (χ3n) is 3.71. The Hall–Kier alpha value is -2.85. The zero-order chi connectivity index (χ0) is 19.4. The molecule has 0 radical (unpaired) electrons. The van der Waals surface area contributed by atoms with E-state index in [0.717, 1.165) is 17.5 Å². The fourth-order valence-electron chi connectivity index (χ4n) is 2.51. The maximum Gasteiger partial charge on any atom is 0.240 e. The fourth-order valence-corrected chi connectivity index (χ4v) is 3.58. The van der Waals surface area contributed by atoms with Crippen LogP contribution in [0.15, 0.2) is 47.6 Å². The molecule has 3 aromatic rings. The number of hydrogen-bond acceptors (Lipinski definition) is 6. The van der Waals surface area contributed by atoms with Crippen molar-refractivity contribution < 1.29 is 12.8 Å². The Kier molecular flexibility index (Phi) is 5.47. The molecule has 0 saturated heterocycles. The van der Waals surface area contributed by atoms with Crippen LogP contribution in [-0.2, 0) is 10.0 Å². The Morgan fingerprint density at radius 3 is 2.63 bits per heavy atom. The molecule has 0 aliphatic carbocycles. The number of aryl methyl sites for hydroxylation is 2. The molecule has 2 N–H and O–H groups in total. The molecule has 0 unspecified atom stereocenters. The van der Waals surface area contributed by atoms with Crippen LogP contribution >= 0.6 is 0 Å². The lowest BCUT2D eigenvalue weighted by molar-refractivity contribution is 0.579. The summed E-state index contributed by atoms with van der Waals surface area (Å²) in [7, 11) is -3.77. The number of hydrogen-bond donors (Lipinski definition) is 2. The highest BCUT2D eigenvalue weighted by Crippen LogP contribution is 2.12. The summed E-state index contributed by atoms with van der Waals surface area (Å²) in [6, 6.07) is 8.52. The fraction of sp³-hybridized carbons (Fsp3) is 0.235. The van der Waals surface area contributed by atoms with Crippen LogP contribution in [0.2, 0.25) is 0 Å². The van der Waals surface area contributed by atoms with E-state index in [1.807, 2.05) is 19.9 Å². The summed E-state index contributed by atoms with van der Waals surface area (Å²) < 4.78 is 41.6. The average Bonchev–Trinajstić information content (AvgIpc) is 2.97. The highest BCUT2D eigenvalue weighted by atomic mass is 32.2. The van der Waals surface area contributed by atoms with Crippen molar-refractivity contribution in [1.82, 2.24) is 24.5 Å². The minimum absolute atomic E-state index is 0.109. The van der Waals surface area contributed by atoms with Gasteiger partial charge < -0.3 is 5.32 Å². The van der Waals surface area contributed by atoms with E-state index in [2.05, 4.69) is 25.1 Å². The number of nitrogens with one attached hydrogen (secondary N) is 2. The number of nitrogens with zero attached hydrogens (tertiary/aromatic N) is 4. The van der Waals surface area contributed by atoms with Crippen LogP contribution in [0.4, 0.5) is 10.2 Å². The monoisotopic (exact) mass is 390 g/mol. The first-order valence-corrected chi connectivity index (χ1v) is 9.68. The number of sulfonamides is 1. The van der Waals surface area contributed by atoms with E-state index >= 15 is 0 Å². The number of aromatic nitrogens is 4. The van der Waals surface area contributed by atoms with Gasteiger partial charge >= 0.3 is 0 Å². The third-order valence-corrected chi connectivity index (χ3v) is 5.17. The summed E-state index contributed by atoms with van der Waals surface area (Å²) in [6.45, 7) is 4.23. The second-order valence-electron chi connectivity index (χ2n) is 5.88. The van der Waals surface area contributed by atoms with E-state index in [1.54, 1.807) is 10.7 Å². The molecule has 0 aliphatic heterocycles. The minimum atomic E-state index is -3.77. The Morgan fingerprint density at radius 1 is 1.11 bits per heavy atom. The number of rotatable bonds is 7. The van der Waals surface area contributed by atoms with Crippen molar-refractivity contribution >= 4 is 15.8 Å². The zero-order valence-corrected chi connectivity index (χ0v) is 15.7. The Morgan fingerprint density at radius 2 is 1.93 bits per heavy atom. The molecule has 1 aromatic carbocycles. The van der Waals surface area contributed by atoms with Crippen LogP contribution in [0.3, 0.4) is 0 Å². The van der Waals surface area contributed by atoms with E-state index in [9.17, 15) is 12.8 Å². The molecule has 0 aliphatic rings. The molecule has 142 valence electrons. The van der Waals surface area contributed by atoms with Crippen molar-refractivity contribution in [3.05, 3.63) is 59.9 Å². The molecule has 0 amide bonds. The smallest absolute Gasteiger partial charge is 0.240 e. The molecule has 2 heterocycles. The van der Waals surface area contributed by atoms with Crippen molar-refractivity contribution in [3.8, 4) is 5.82 Å². The second kappa shape index (κ2) is 7.80. The predicted molar refractivity (Wildman–Crippen MR) is 98.7 cm³/mol. The van der Waals surface area contributed by atoms with Crippen LogP contribution in [0.5, 0.6) is 0 Å². The lowest BCUT2D eigenvalue weighted by Gasteiger charge is -2.09. The largest absolute Gasteiger partial charge is 0.369 e. The topological polar surface area (TPSA) is 102 Å². The molecule has 8 nitrogen and oxygen atoms in total. The van der Waals surface area contributed by atoms with Crippen molar-refractivity contribution in [2.75, 3.05) is 18.4 Å².